The molecular formula is C22H27N3O4. The van der Waals surface area contributed by atoms with Gasteiger partial charge in [-0.25, -0.2) is 0 Å². The molecule has 7 heteroatoms. The van der Waals surface area contributed by atoms with E-state index >= 15 is 0 Å². The second-order valence-electron chi connectivity index (χ2n) is 6.79. The molecule has 0 saturated heterocycles. The second kappa shape index (κ2) is 9.93. The summed E-state index contributed by atoms with van der Waals surface area (Å²) < 4.78 is 21.8. The number of aromatic nitrogens is 2. The van der Waals surface area contributed by atoms with Gasteiger partial charge < -0.3 is 18.7 Å². The van der Waals surface area contributed by atoms with Crippen molar-refractivity contribution in [1.29, 1.82) is 0 Å². The Bertz CT molecular complexity index is 926. The van der Waals surface area contributed by atoms with Crippen LogP contribution in [0.4, 0.5) is 0 Å². The average Bonchev–Trinajstić information content (AvgIpc) is 3.20. The molecule has 7 nitrogen and oxygen atoms in total. The predicted molar refractivity (Wildman–Crippen MR) is 110 cm³/mol. The quantitative estimate of drug-likeness (QED) is 0.480. The van der Waals surface area contributed by atoms with Crippen molar-refractivity contribution < 1.29 is 18.7 Å². The highest BCUT2D eigenvalue weighted by molar-refractivity contribution is 5.60. The summed E-state index contributed by atoms with van der Waals surface area (Å²) in [6.45, 7) is 4.15. The van der Waals surface area contributed by atoms with Gasteiger partial charge in [-0.3, -0.25) is 4.90 Å². The Balaban J connectivity index is 1.50. The molecule has 0 fully saturated rings. The smallest absolute Gasteiger partial charge is 0.241 e. The van der Waals surface area contributed by atoms with E-state index in [9.17, 15) is 0 Å². The number of rotatable bonds is 10. The van der Waals surface area contributed by atoms with Crippen molar-refractivity contribution in [2.75, 3.05) is 34.4 Å². The zero-order valence-electron chi connectivity index (χ0n) is 17.3. The minimum absolute atomic E-state index is 0.525. The van der Waals surface area contributed by atoms with Crippen LogP contribution in [0.5, 0.6) is 17.2 Å². The molecule has 0 aliphatic rings. The van der Waals surface area contributed by atoms with Crippen molar-refractivity contribution in [2.45, 2.75) is 19.9 Å². The van der Waals surface area contributed by atoms with Gasteiger partial charge in [-0.1, -0.05) is 23.4 Å². The Labute approximate surface area is 171 Å². The Kier molecular flexibility index (Phi) is 7.08. The summed E-state index contributed by atoms with van der Waals surface area (Å²) >= 11 is 0. The molecule has 0 unspecified atom stereocenters. The molecule has 0 spiro atoms. The maximum Gasteiger partial charge on any atom is 0.241 e. The molecule has 0 saturated carbocycles. The molecule has 0 radical (unpaired) electrons. The van der Waals surface area contributed by atoms with Crippen LogP contribution < -0.4 is 14.2 Å². The number of benzene rings is 2. The van der Waals surface area contributed by atoms with Crippen LogP contribution in [0.2, 0.25) is 0 Å². The van der Waals surface area contributed by atoms with Gasteiger partial charge in [-0.15, -0.1) is 0 Å². The number of nitrogens with zero attached hydrogens (tertiary/aromatic N) is 3. The van der Waals surface area contributed by atoms with Gasteiger partial charge >= 0.3 is 0 Å². The van der Waals surface area contributed by atoms with E-state index in [0.717, 1.165) is 29.8 Å². The second-order valence-corrected chi connectivity index (χ2v) is 6.79. The third-order valence-corrected chi connectivity index (χ3v) is 4.55. The summed E-state index contributed by atoms with van der Waals surface area (Å²) in [7, 11) is 5.22. The first-order valence-electron chi connectivity index (χ1n) is 9.52. The van der Waals surface area contributed by atoms with Gasteiger partial charge in [-0.05, 0) is 50.2 Å². The lowest BCUT2D eigenvalue weighted by molar-refractivity contribution is 0.235. The zero-order valence-corrected chi connectivity index (χ0v) is 17.3. The zero-order chi connectivity index (χ0) is 20.6. The van der Waals surface area contributed by atoms with Gasteiger partial charge in [0, 0.05) is 12.1 Å². The van der Waals surface area contributed by atoms with Crippen molar-refractivity contribution in [3.63, 3.8) is 0 Å². The monoisotopic (exact) mass is 397 g/mol. The van der Waals surface area contributed by atoms with Gasteiger partial charge in [0.15, 0.2) is 11.5 Å². The molecule has 0 atom stereocenters. The van der Waals surface area contributed by atoms with E-state index in [4.69, 9.17) is 18.7 Å². The van der Waals surface area contributed by atoms with Gasteiger partial charge in [-0.2, -0.15) is 4.98 Å². The predicted octanol–water partition coefficient (Wildman–Crippen LogP) is 3.96. The van der Waals surface area contributed by atoms with Crippen LogP contribution in [0.1, 0.15) is 17.9 Å². The first-order chi connectivity index (χ1) is 14.1. The van der Waals surface area contributed by atoms with E-state index in [1.807, 2.05) is 56.4 Å². The highest BCUT2D eigenvalue weighted by Crippen LogP contribution is 2.31. The van der Waals surface area contributed by atoms with Crippen molar-refractivity contribution in [3.8, 4) is 28.6 Å². The number of methoxy groups -OCH3 is 2. The van der Waals surface area contributed by atoms with Crippen LogP contribution in [0.3, 0.4) is 0 Å². The summed E-state index contributed by atoms with van der Waals surface area (Å²) in [6, 6.07) is 13.6. The van der Waals surface area contributed by atoms with E-state index < -0.39 is 0 Å². The molecule has 0 amide bonds. The minimum atomic E-state index is 0.525. The van der Waals surface area contributed by atoms with E-state index in [0.29, 0.717) is 36.4 Å². The third kappa shape index (κ3) is 5.48. The van der Waals surface area contributed by atoms with Crippen LogP contribution in [0.25, 0.3) is 11.4 Å². The maximum atomic E-state index is 5.84. The lowest BCUT2D eigenvalue weighted by Crippen LogP contribution is -2.21. The Morgan fingerprint density at radius 1 is 1.00 bits per heavy atom. The van der Waals surface area contributed by atoms with E-state index in [2.05, 4.69) is 15.0 Å². The molecule has 1 heterocycles. The topological polar surface area (TPSA) is 69.9 Å². The molecule has 2 aromatic carbocycles. The highest BCUT2D eigenvalue weighted by Gasteiger charge is 2.13. The molecule has 0 N–H and O–H groups in total. The van der Waals surface area contributed by atoms with E-state index in [1.54, 1.807) is 14.2 Å². The van der Waals surface area contributed by atoms with Crippen LogP contribution in [-0.4, -0.2) is 49.5 Å². The molecule has 0 bridgehead atoms. The third-order valence-electron chi connectivity index (χ3n) is 4.55. The molecule has 154 valence electrons. The largest absolute Gasteiger partial charge is 0.493 e. The van der Waals surface area contributed by atoms with Gasteiger partial charge in [0.1, 0.15) is 5.75 Å². The molecule has 29 heavy (non-hydrogen) atoms. The average molecular weight is 397 g/mol. The van der Waals surface area contributed by atoms with Gasteiger partial charge in [0.25, 0.3) is 0 Å². The van der Waals surface area contributed by atoms with Crippen LogP contribution in [0, 0.1) is 6.92 Å². The normalized spacial score (nSPS) is 10.9. The molecule has 3 aromatic rings. The SMILES string of the molecule is COc1ccc(-c2noc(CN(C)CCCOc3ccccc3C)n2)cc1OC. The Morgan fingerprint density at radius 2 is 1.79 bits per heavy atom. The standard InChI is InChI=1S/C22H27N3O4/c1-16-8-5-6-9-18(16)28-13-7-12-25(2)15-21-23-22(24-29-21)17-10-11-19(26-3)20(14-17)27-4/h5-6,8-11,14H,7,12-13,15H2,1-4H3. The molecule has 0 aliphatic carbocycles. The number of hydrogen-bond donors (Lipinski definition) is 0. The van der Waals surface area contributed by atoms with E-state index in [1.165, 1.54) is 0 Å². The lowest BCUT2D eigenvalue weighted by atomic mass is 10.2. The molecule has 3 rings (SSSR count). The number of aryl methyl sites for hydroxylation is 1. The Hall–Kier alpha value is -3.06. The fourth-order valence-electron chi connectivity index (χ4n) is 2.96. The first kappa shape index (κ1) is 20.7. The molecule has 1 aromatic heterocycles. The van der Waals surface area contributed by atoms with Crippen molar-refractivity contribution in [2.24, 2.45) is 0 Å². The first-order valence-corrected chi connectivity index (χ1v) is 9.52. The summed E-state index contributed by atoms with van der Waals surface area (Å²) in [5.74, 6) is 3.32. The van der Waals surface area contributed by atoms with Crippen LogP contribution in [0.15, 0.2) is 47.0 Å². The number of hydrogen-bond acceptors (Lipinski definition) is 7. The van der Waals surface area contributed by atoms with Crippen LogP contribution in [-0.2, 0) is 6.54 Å². The summed E-state index contributed by atoms with van der Waals surface area (Å²) in [5, 5.41) is 4.08. The molecule has 0 aliphatic heterocycles. The summed E-state index contributed by atoms with van der Waals surface area (Å²) in [5.41, 5.74) is 1.96. The number of para-hydroxylation sites is 1. The van der Waals surface area contributed by atoms with Crippen molar-refractivity contribution in [1.82, 2.24) is 15.0 Å². The van der Waals surface area contributed by atoms with Crippen molar-refractivity contribution >= 4 is 0 Å². The summed E-state index contributed by atoms with van der Waals surface area (Å²) in [4.78, 5) is 6.62. The fraction of sp³-hybridized carbons (Fsp3) is 0.364. The molecular weight excluding hydrogens is 370 g/mol. The van der Waals surface area contributed by atoms with E-state index in [-0.39, 0.29) is 0 Å². The minimum Gasteiger partial charge on any atom is -0.493 e. The highest BCUT2D eigenvalue weighted by atomic mass is 16.5. The van der Waals surface area contributed by atoms with Crippen molar-refractivity contribution in [3.05, 3.63) is 53.9 Å². The Morgan fingerprint density at radius 3 is 2.55 bits per heavy atom. The fourth-order valence-corrected chi connectivity index (χ4v) is 2.96. The maximum absolute atomic E-state index is 5.84. The number of ether oxygens (including phenoxy) is 3. The van der Waals surface area contributed by atoms with Gasteiger partial charge in [0.2, 0.25) is 11.7 Å². The lowest BCUT2D eigenvalue weighted by Gasteiger charge is -2.14. The van der Waals surface area contributed by atoms with Gasteiger partial charge in [0.05, 0.1) is 27.4 Å². The summed E-state index contributed by atoms with van der Waals surface area (Å²) in [6.07, 6.45) is 0.904. The van der Waals surface area contributed by atoms with Crippen LogP contribution >= 0.6 is 0 Å².